The van der Waals surface area contributed by atoms with E-state index >= 15 is 0 Å². The van der Waals surface area contributed by atoms with Crippen LogP contribution in [0, 0.1) is 6.92 Å². The Morgan fingerprint density at radius 1 is 1.06 bits per heavy atom. The molecule has 32 heavy (non-hydrogen) atoms. The number of rotatable bonds is 8. The molecule has 1 fully saturated rings. The number of nitrogens with one attached hydrogen (secondary N) is 1. The molecule has 7 heteroatoms. The number of carbonyl (C=O) groups excluding carboxylic acids is 1. The number of hydrogen-bond acceptors (Lipinski definition) is 5. The summed E-state index contributed by atoms with van der Waals surface area (Å²) in [4.78, 5) is 22.2. The Morgan fingerprint density at radius 2 is 1.78 bits per heavy atom. The van der Waals surface area contributed by atoms with E-state index < -0.39 is 0 Å². The second-order valence-electron chi connectivity index (χ2n) is 8.47. The first-order valence-corrected chi connectivity index (χ1v) is 11.4. The van der Waals surface area contributed by atoms with E-state index in [1.165, 1.54) is 0 Å². The molecule has 0 spiro atoms. The summed E-state index contributed by atoms with van der Waals surface area (Å²) in [6.07, 6.45) is 0.920. The molecule has 0 bridgehead atoms. The smallest absolute Gasteiger partial charge is 0.262 e. The maximum Gasteiger partial charge on any atom is 0.262 e. The number of aromatic nitrogens is 2. The molecule has 1 aromatic heterocycles. The van der Waals surface area contributed by atoms with E-state index in [9.17, 15) is 4.79 Å². The summed E-state index contributed by atoms with van der Waals surface area (Å²) in [5, 5.41) is 2.91. The van der Waals surface area contributed by atoms with Crippen LogP contribution in [0.15, 0.2) is 42.5 Å². The normalized spacial score (nSPS) is 15.2. The highest BCUT2D eigenvalue weighted by atomic mass is 16.5. The van der Waals surface area contributed by atoms with Gasteiger partial charge in [-0.15, -0.1) is 0 Å². The lowest BCUT2D eigenvalue weighted by molar-refractivity contribution is -0.118. The van der Waals surface area contributed by atoms with Crippen molar-refractivity contribution in [1.29, 1.82) is 0 Å². The van der Waals surface area contributed by atoms with Crippen molar-refractivity contribution in [2.45, 2.75) is 20.3 Å². The minimum atomic E-state index is -0.188. The molecule has 170 valence electrons. The van der Waals surface area contributed by atoms with Crippen molar-refractivity contribution >= 4 is 22.6 Å². The number of ether oxygens (including phenoxy) is 1. The van der Waals surface area contributed by atoms with Gasteiger partial charge in [0.2, 0.25) is 0 Å². The molecule has 0 atom stereocenters. The first-order chi connectivity index (χ1) is 15.5. The summed E-state index contributed by atoms with van der Waals surface area (Å²) in [7, 11) is 2.06. The Kier molecular flexibility index (Phi) is 7.07. The fourth-order valence-corrected chi connectivity index (χ4v) is 4.12. The van der Waals surface area contributed by atoms with E-state index in [0.29, 0.717) is 5.75 Å². The number of aryl methyl sites for hydroxylation is 2. The van der Waals surface area contributed by atoms with Crippen LogP contribution in [0.25, 0.3) is 11.0 Å². The van der Waals surface area contributed by atoms with Gasteiger partial charge in [0.15, 0.2) is 6.61 Å². The topological polar surface area (TPSA) is 62.6 Å². The average molecular weight is 436 g/mol. The Morgan fingerprint density at radius 3 is 2.50 bits per heavy atom. The Hall–Kier alpha value is -2.90. The lowest BCUT2D eigenvalue weighted by atomic mass is 10.2. The standard InChI is InChI=1S/C25H33N5O2/c1-4-29-13-15-30(16-14-29)12-11-24-27-22-17-20(7-10-23(22)28(24)3)26-25(31)18-32-21-8-5-19(2)6-9-21/h5-10,17H,4,11-16,18H2,1-3H3,(H,26,31). The quantitative estimate of drug-likeness (QED) is 0.589. The number of nitrogens with zero attached hydrogens (tertiary/aromatic N) is 4. The van der Waals surface area contributed by atoms with Gasteiger partial charge in [-0.2, -0.15) is 0 Å². The highest BCUT2D eigenvalue weighted by Crippen LogP contribution is 2.20. The van der Waals surface area contributed by atoms with E-state index in [4.69, 9.17) is 9.72 Å². The van der Waals surface area contributed by atoms with Crippen LogP contribution in [0.1, 0.15) is 18.3 Å². The van der Waals surface area contributed by atoms with Gasteiger partial charge in [-0.25, -0.2) is 4.98 Å². The number of benzene rings is 2. The SMILES string of the molecule is CCN1CCN(CCc2nc3cc(NC(=O)COc4ccc(C)cc4)ccc3n2C)CC1. The molecule has 4 rings (SSSR count). The van der Waals surface area contributed by atoms with Crippen molar-refractivity contribution in [3.8, 4) is 5.75 Å². The van der Waals surface area contributed by atoms with Crippen molar-refractivity contribution < 1.29 is 9.53 Å². The number of piperazine rings is 1. The third-order valence-electron chi connectivity index (χ3n) is 6.21. The van der Waals surface area contributed by atoms with E-state index in [2.05, 4.69) is 33.7 Å². The van der Waals surface area contributed by atoms with E-state index in [1.54, 1.807) is 0 Å². The van der Waals surface area contributed by atoms with Crippen molar-refractivity contribution in [3.63, 3.8) is 0 Å². The van der Waals surface area contributed by atoms with E-state index in [-0.39, 0.29) is 12.5 Å². The van der Waals surface area contributed by atoms with Crippen molar-refractivity contribution in [3.05, 3.63) is 53.9 Å². The molecule has 1 aliphatic heterocycles. The molecular weight excluding hydrogens is 402 g/mol. The zero-order valence-electron chi connectivity index (χ0n) is 19.3. The van der Waals surface area contributed by atoms with Crippen molar-refractivity contribution in [1.82, 2.24) is 19.4 Å². The fraction of sp³-hybridized carbons (Fsp3) is 0.440. The molecule has 2 aromatic carbocycles. The summed E-state index contributed by atoms with van der Waals surface area (Å²) in [5.74, 6) is 1.57. The Labute approximate surface area is 190 Å². The minimum absolute atomic E-state index is 0.0279. The largest absolute Gasteiger partial charge is 0.484 e. The van der Waals surface area contributed by atoms with Crippen molar-refractivity contribution in [2.24, 2.45) is 7.05 Å². The van der Waals surface area contributed by atoms with E-state index in [1.807, 2.05) is 49.4 Å². The summed E-state index contributed by atoms with van der Waals surface area (Å²) >= 11 is 0. The first-order valence-electron chi connectivity index (χ1n) is 11.4. The number of fused-ring (bicyclic) bond motifs is 1. The summed E-state index contributed by atoms with van der Waals surface area (Å²) in [6, 6.07) is 13.5. The predicted molar refractivity (Wildman–Crippen MR) is 128 cm³/mol. The van der Waals surface area contributed by atoms with Crippen LogP contribution < -0.4 is 10.1 Å². The van der Waals surface area contributed by atoms with Crippen LogP contribution in [-0.2, 0) is 18.3 Å². The maximum absolute atomic E-state index is 12.3. The number of likely N-dealkylation sites (N-methyl/N-ethyl adjacent to an activating group) is 1. The highest BCUT2D eigenvalue weighted by Gasteiger charge is 2.16. The van der Waals surface area contributed by atoms with Gasteiger partial charge in [0.25, 0.3) is 5.91 Å². The van der Waals surface area contributed by atoms with Gasteiger partial charge in [0.1, 0.15) is 11.6 Å². The van der Waals surface area contributed by atoms with Crippen LogP contribution in [0.3, 0.4) is 0 Å². The number of anilines is 1. The Balaban J connectivity index is 1.33. The predicted octanol–water partition coefficient (Wildman–Crippen LogP) is 3.08. The number of amides is 1. The van der Waals surface area contributed by atoms with Crippen LogP contribution in [0.2, 0.25) is 0 Å². The maximum atomic E-state index is 12.3. The lowest BCUT2D eigenvalue weighted by Gasteiger charge is -2.33. The van der Waals surface area contributed by atoms with Gasteiger partial charge in [-0.3, -0.25) is 4.79 Å². The molecule has 0 saturated carbocycles. The number of hydrogen-bond donors (Lipinski definition) is 1. The second kappa shape index (κ2) is 10.1. The molecule has 1 saturated heterocycles. The zero-order valence-corrected chi connectivity index (χ0v) is 19.3. The highest BCUT2D eigenvalue weighted by molar-refractivity contribution is 5.94. The average Bonchev–Trinajstić information content (AvgIpc) is 3.12. The van der Waals surface area contributed by atoms with Crippen LogP contribution in [0.4, 0.5) is 5.69 Å². The molecule has 1 aliphatic rings. The van der Waals surface area contributed by atoms with Gasteiger partial charge in [0.05, 0.1) is 11.0 Å². The van der Waals surface area contributed by atoms with Crippen LogP contribution in [-0.4, -0.2) is 71.1 Å². The van der Waals surface area contributed by atoms with Gasteiger partial charge in [-0.1, -0.05) is 24.6 Å². The lowest BCUT2D eigenvalue weighted by Crippen LogP contribution is -2.46. The van der Waals surface area contributed by atoms with Gasteiger partial charge >= 0.3 is 0 Å². The van der Waals surface area contributed by atoms with E-state index in [0.717, 1.165) is 73.8 Å². The number of carbonyl (C=O) groups is 1. The molecule has 0 aliphatic carbocycles. The fourth-order valence-electron chi connectivity index (χ4n) is 4.12. The zero-order chi connectivity index (χ0) is 22.5. The second-order valence-corrected chi connectivity index (χ2v) is 8.47. The van der Waals surface area contributed by atoms with Gasteiger partial charge in [-0.05, 0) is 43.8 Å². The molecule has 3 aromatic rings. The Bertz CT molecular complexity index is 1050. The monoisotopic (exact) mass is 435 g/mol. The number of imidazole rings is 1. The van der Waals surface area contributed by atoms with Crippen molar-refractivity contribution in [2.75, 3.05) is 51.2 Å². The van der Waals surface area contributed by atoms with Gasteiger partial charge < -0.3 is 24.4 Å². The molecular formula is C25H33N5O2. The molecule has 2 heterocycles. The molecule has 1 N–H and O–H groups in total. The third-order valence-corrected chi connectivity index (χ3v) is 6.21. The molecule has 0 radical (unpaired) electrons. The summed E-state index contributed by atoms with van der Waals surface area (Å²) < 4.78 is 7.73. The third kappa shape index (κ3) is 5.47. The van der Waals surface area contributed by atoms with Crippen LogP contribution in [0.5, 0.6) is 5.75 Å². The van der Waals surface area contributed by atoms with Crippen LogP contribution >= 0.6 is 0 Å². The summed E-state index contributed by atoms with van der Waals surface area (Å²) in [6.45, 7) is 10.9. The molecule has 0 unspecified atom stereocenters. The molecule has 7 nitrogen and oxygen atoms in total. The van der Waals surface area contributed by atoms with Gasteiger partial charge in [0, 0.05) is 51.9 Å². The molecule has 1 amide bonds. The summed E-state index contributed by atoms with van der Waals surface area (Å²) in [5.41, 5.74) is 3.86. The minimum Gasteiger partial charge on any atom is -0.484 e. The first kappa shape index (κ1) is 22.3.